The lowest BCUT2D eigenvalue weighted by Gasteiger charge is -2.26. The quantitative estimate of drug-likeness (QED) is 0.350. The molecule has 206 valence electrons. The molecular formula is C28H34N6O4S. The zero-order valence-corrected chi connectivity index (χ0v) is 23.1. The summed E-state index contributed by atoms with van der Waals surface area (Å²) in [6.07, 6.45) is 8.45. The van der Waals surface area contributed by atoms with E-state index < -0.39 is 9.84 Å². The maximum Gasteiger partial charge on any atom is 0.259 e. The van der Waals surface area contributed by atoms with Gasteiger partial charge in [0, 0.05) is 30.4 Å². The molecule has 11 heteroatoms. The number of benzene rings is 1. The van der Waals surface area contributed by atoms with Crippen molar-refractivity contribution < 1.29 is 18.0 Å². The van der Waals surface area contributed by atoms with Crippen LogP contribution < -0.4 is 11.1 Å². The molecule has 3 saturated carbocycles. The summed E-state index contributed by atoms with van der Waals surface area (Å²) in [5.74, 6) is 0.561. The topological polar surface area (TPSA) is 140 Å². The van der Waals surface area contributed by atoms with Crippen molar-refractivity contribution in [2.75, 3.05) is 11.5 Å². The highest BCUT2D eigenvalue weighted by Crippen LogP contribution is 2.38. The summed E-state index contributed by atoms with van der Waals surface area (Å²) in [4.78, 5) is 31.7. The van der Waals surface area contributed by atoms with Gasteiger partial charge in [0.25, 0.3) is 5.91 Å². The molecule has 3 aliphatic rings. The highest BCUT2D eigenvalue weighted by molar-refractivity contribution is 7.91. The first-order valence-corrected chi connectivity index (χ1v) is 15.3. The molecule has 3 fully saturated rings. The summed E-state index contributed by atoms with van der Waals surface area (Å²) in [6.45, 7) is 4.17. The van der Waals surface area contributed by atoms with E-state index in [0.29, 0.717) is 34.9 Å². The fraction of sp³-hybridized carbons (Fsp3) is 0.500. The number of rotatable bonds is 11. The molecule has 3 N–H and O–H groups in total. The van der Waals surface area contributed by atoms with E-state index in [1.807, 2.05) is 19.9 Å². The van der Waals surface area contributed by atoms with Crippen LogP contribution in [0.3, 0.4) is 0 Å². The second-order valence-electron chi connectivity index (χ2n) is 11.4. The number of aromatic nitrogens is 3. The normalized spacial score (nSPS) is 18.2. The van der Waals surface area contributed by atoms with E-state index in [9.17, 15) is 18.0 Å². The van der Waals surface area contributed by atoms with Gasteiger partial charge in [0.2, 0.25) is 6.41 Å². The highest BCUT2D eigenvalue weighted by atomic mass is 32.2. The third-order valence-electron chi connectivity index (χ3n) is 8.22. The van der Waals surface area contributed by atoms with Crippen LogP contribution in [-0.4, -0.2) is 58.1 Å². The molecule has 10 nitrogen and oxygen atoms in total. The smallest absolute Gasteiger partial charge is 0.259 e. The third kappa shape index (κ3) is 5.24. The number of carbonyl (C=O) groups excluding carboxylic acids is 2. The van der Waals surface area contributed by atoms with Gasteiger partial charge in [-0.25, -0.2) is 17.9 Å². The lowest BCUT2D eigenvalue weighted by molar-refractivity contribution is -0.120. The molecule has 2 amide bonds. The minimum Gasteiger partial charge on any atom is -0.381 e. The van der Waals surface area contributed by atoms with E-state index in [4.69, 9.17) is 10.7 Å². The Bertz CT molecular complexity index is 1570. The molecular weight excluding hydrogens is 516 g/mol. The predicted molar refractivity (Wildman–Crippen MR) is 147 cm³/mol. The maximum atomic E-state index is 13.5. The summed E-state index contributed by atoms with van der Waals surface area (Å²) in [7, 11) is -3.55. The Morgan fingerprint density at radius 3 is 2.62 bits per heavy atom. The van der Waals surface area contributed by atoms with Gasteiger partial charge in [-0.05, 0) is 93.5 Å². The van der Waals surface area contributed by atoms with Crippen LogP contribution in [-0.2, 0) is 21.2 Å². The summed E-state index contributed by atoms with van der Waals surface area (Å²) in [5.41, 5.74) is 9.14. The number of amides is 2. The van der Waals surface area contributed by atoms with Gasteiger partial charge in [0.1, 0.15) is 5.56 Å². The van der Waals surface area contributed by atoms with Crippen LogP contribution in [0.2, 0.25) is 0 Å². The van der Waals surface area contributed by atoms with Crippen molar-refractivity contribution in [3.8, 4) is 11.3 Å². The number of nitrogens with two attached hydrogens (primary N) is 1. The van der Waals surface area contributed by atoms with Crippen LogP contribution in [0.4, 0.5) is 5.82 Å². The Morgan fingerprint density at radius 2 is 1.97 bits per heavy atom. The molecule has 0 spiro atoms. The zero-order chi connectivity index (χ0) is 27.5. The van der Waals surface area contributed by atoms with E-state index >= 15 is 0 Å². The number of nitrogens with one attached hydrogen (secondary N) is 1. The summed E-state index contributed by atoms with van der Waals surface area (Å²) in [6, 6.07) is 5.54. The molecule has 2 heterocycles. The molecule has 2 aromatic heterocycles. The van der Waals surface area contributed by atoms with Gasteiger partial charge in [-0.3, -0.25) is 9.59 Å². The number of hydrogen-bond donors (Lipinski definition) is 2. The van der Waals surface area contributed by atoms with Crippen LogP contribution in [0.5, 0.6) is 0 Å². The molecule has 0 bridgehead atoms. The van der Waals surface area contributed by atoms with Crippen LogP contribution in [0.15, 0.2) is 29.3 Å². The van der Waals surface area contributed by atoms with E-state index in [2.05, 4.69) is 10.4 Å². The minimum atomic E-state index is -3.55. The van der Waals surface area contributed by atoms with Gasteiger partial charge in [-0.1, -0.05) is 0 Å². The van der Waals surface area contributed by atoms with Crippen molar-refractivity contribution in [2.24, 2.45) is 11.8 Å². The Kier molecular flexibility index (Phi) is 6.36. The standard InChI is InChI=1S/C28H34N6O4S/c1-16-21(13-33(15-35)17(2)19-5-6-19)11-20(12-24(16)39(37,38)14-18-3-4-18)23-9-10-34-27(31-23)25(26(29)32-34)28(36)30-22-7-8-22/h9-12,15,17-19,22H,3-8,13-14H2,1-2H3,(H2,29,32)(H,30,36). The zero-order valence-electron chi connectivity index (χ0n) is 22.3. The maximum absolute atomic E-state index is 13.5. The highest BCUT2D eigenvalue weighted by Gasteiger charge is 2.34. The molecule has 1 atom stereocenters. The van der Waals surface area contributed by atoms with Crippen molar-refractivity contribution in [3.05, 3.63) is 41.1 Å². The van der Waals surface area contributed by atoms with Crippen molar-refractivity contribution in [1.29, 1.82) is 0 Å². The molecule has 0 aliphatic heterocycles. The molecule has 6 rings (SSSR count). The molecule has 3 aliphatic carbocycles. The second-order valence-corrected chi connectivity index (χ2v) is 13.4. The summed E-state index contributed by atoms with van der Waals surface area (Å²) in [5, 5.41) is 7.19. The van der Waals surface area contributed by atoms with Crippen LogP contribution in [0, 0.1) is 18.8 Å². The van der Waals surface area contributed by atoms with Gasteiger partial charge in [-0.15, -0.1) is 5.10 Å². The van der Waals surface area contributed by atoms with E-state index in [-0.39, 0.29) is 45.9 Å². The number of hydrogen-bond acceptors (Lipinski definition) is 7. The number of sulfone groups is 1. The van der Waals surface area contributed by atoms with Crippen LogP contribution in [0.25, 0.3) is 16.9 Å². The average molecular weight is 551 g/mol. The summed E-state index contributed by atoms with van der Waals surface area (Å²) >= 11 is 0. The molecule has 0 saturated heterocycles. The van der Waals surface area contributed by atoms with Crippen molar-refractivity contribution in [2.45, 2.75) is 75.9 Å². The number of carbonyl (C=O) groups is 2. The van der Waals surface area contributed by atoms with Gasteiger partial charge in [-0.2, -0.15) is 0 Å². The van der Waals surface area contributed by atoms with Crippen molar-refractivity contribution in [3.63, 3.8) is 0 Å². The molecule has 39 heavy (non-hydrogen) atoms. The van der Waals surface area contributed by atoms with Crippen molar-refractivity contribution >= 4 is 33.6 Å². The molecule has 3 aromatic rings. The second kappa shape index (κ2) is 9.62. The van der Waals surface area contributed by atoms with Gasteiger partial charge >= 0.3 is 0 Å². The fourth-order valence-electron chi connectivity index (χ4n) is 5.20. The lowest BCUT2D eigenvalue weighted by Crippen LogP contribution is -2.33. The van der Waals surface area contributed by atoms with E-state index in [1.54, 1.807) is 23.2 Å². The largest absolute Gasteiger partial charge is 0.381 e. The van der Waals surface area contributed by atoms with Gasteiger partial charge < -0.3 is 16.0 Å². The first-order valence-electron chi connectivity index (χ1n) is 13.7. The van der Waals surface area contributed by atoms with Crippen LogP contribution in [0.1, 0.15) is 66.9 Å². The van der Waals surface area contributed by atoms with Crippen LogP contribution >= 0.6 is 0 Å². The Morgan fingerprint density at radius 1 is 1.23 bits per heavy atom. The van der Waals surface area contributed by atoms with Gasteiger partial charge in [0.15, 0.2) is 21.3 Å². The number of nitrogen functional groups attached to an aromatic ring is 1. The number of nitrogens with zero attached hydrogens (tertiary/aromatic N) is 4. The van der Waals surface area contributed by atoms with Crippen molar-refractivity contribution in [1.82, 2.24) is 24.8 Å². The first kappa shape index (κ1) is 25.8. The lowest BCUT2D eigenvalue weighted by atomic mass is 10.0. The Labute approximate surface area is 227 Å². The summed E-state index contributed by atoms with van der Waals surface area (Å²) < 4.78 is 28.5. The third-order valence-corrected chi connectivity index (χ3v) is 10.2. The molecule has 1 aromatic carbocycles. The predicted octanol–water partition coefficient (Wildman–Crippen LogP) is 3.12. The first-order chi connectivity index (χ1) is 18.6. The number of fused-ring (bicyclic) bond motifs is 1. The van der Waals surface area contributed by atoms with E-state index in [0.717, 1.165) is 50.5 Å². The van der Waals surface area contributed by atoms with E-state index in [1.165, 1.54) is 4.52 Å². The molecule has 1 unspecified atom stereocenters. The molecule has 0 radical (unpaired) electrons. The fourth-order valence-corrected chi connectivity index (χ4v) is 7.24. The minimum absolute atomic E-state index is 0.0776. The monoisotopic (exact) mass is 550 g/mol. The Hall–Kier alpha value is -3.47. The van der Waals surface area contributed by atoms with Gasteiger partial charge in [0.05, 0.1) is 16.3 Å². The Balaban J connectivity index is 1.44. The number of anilines is 1. The SMILES string of the molecule is Cc1c(CN(C=O)C(C)C2CC2)cc(-c2ccn3nc(N)c(C(=O)NC4CC4)c3n2)cc1S(=O)(=O)CC1CC1. The average Bonchev–Trinajstić information content (AvgIpc) is 3.74.